The molecule has 116 valence electrons. The van der Waals surface area contributed by atoms with Crippen LogP contribution in [0.1, 0.15) is 31.5 Å². The average Bonchev–Trinajstić information content (AvgIpc) is 3.16. The molecular formula is C14H15ClIN5O. The molecule has 1 saturated carbocycles. The SMILES string of the molecule is Cl.NC1(c2noc(-c3n[nH]c4ccc(I)cc34)n2)CCCC1. The van der Waals surface area contributed by atoms with Crippen LogP contribution in [0.4, 0.5) is 0 Å². The van der Waals surface area contributed by atoms with Gasteiger partial charge in [0.2, 0.25) is 0 Å². The summed E-state index contributed by atoms with van der Waals surface area (Å²) in [6.07, 6.45) is 4.05. The number of rotatable bonds is 2. The van der Waals surface area contributed by atoms with E-state index >= 15 is 0 Å². The zero-order valence-electron chi connectivity index (χ0n) is 11.7. The highest BCUT2D eigenvalue weighted by molar-refractivity contribution is 14.1. The van der Waals surface area contributed by atoms with Gasteiger partial charge in [0.1, 0.15) is 0 Å². The van der Waals surface area contributed by atoms with Gasteiger partial charge in [0.25, 0.3) is 5.89 Å². The Balaban J connectivity index is 0.00000144. The van der Waals surface area contributed by atoms with E-state index in [0.29, 0.717) is 17.4 Å². The van der Waals surface area contributed by atoms with Crippen LogP contribution in [0.2, 0.25) is 0 Å². The second-order valence-corrected chi connectivity index (χ2v) is 6.79. The predicted octanol–water partition coefficient (Wildman–Crippen LogP) is 3.37. The van der Waals surface area contributed by atoms with Gasteiger partial charge in [-0.1, -0.05) is 18.0 Å². The Morgan fingerprint density at radius 3 is 2.82 bits per heavy atom. The Morgan fingerprint density at radius 2 is 2.05 bits per heavy atom. The van der Waals surface area contributed by atoms with Crippen LogP contribution < -0.4 is 5.73 Å². The number of nitrogens with one attached hydrogen (secondary N) is 1. The first kappa shape index (κ1) is 15.7. The largest absolute Gasteiger partial charge is 0.332 e. The maximum absolute atomic E-state index is 6.37. The third kappa shape index (κ3) is 2.50. The fourth-order valence-electron chi connectivity index (χ4n) is 2.90. The molecule has 8 heteroatoms. The highest BCUT2D eigenvalue weighted by atomic mass is 127. The molecular weight excluding hydrogens is 417 g/mol. The molecule has 0 radical (unpaired) electrons. The molecule has 0 spiro atoms. The summed E-state index contributed by atoms with van der Waals surface area (Å²) in [5.41, 5.74) is 7.56. The maximum Gasteiger partial charge on any atom is 0.279 e. The minimum Gasteiger partial charge on any atom is -0.332 e. The molecule has 2 heterocycles. The lowest BCUT2D eigenvalue weighted by Gasteiger charge is -2.17. The van der Waals surface area contributed by atoms with E-state index in [0.717, 1.165) is 40.2 Å². The standard InChI is InChI=1S/C14H14IN5O.ClH/c15-8-3-4-10-9(7-8)11(19-18-10)12-17-13(20-21-12)14(16)5-1-2-6-14;/h3-4,7H,1-2,5-6,16H2,(H,18,19);1H. The van der Waals surface area contributed by atoms with Crippen molar-refractivity contribution in [3.05, 3.63) is 27.6 Å². The second-order valence-electron chi connectivity index (χ2n) is 5.55. The molecule has 1 fully saturated rings. The fraction of sp³-hybridized carbons (Fsp3) is 0.357. The van der Waals surface area contributed by atoms with E-state index in [1.165, 1.54) is 0 Å². The van der Waals surface area contributed by atoms with Crippen molar-refractivity contribution < 1.29 is 4.52 Å². The summed E-state index contributed by atoms with van der Waals surface area (Å²) in [6.45, 7) is 0. The minimum absolute atomic E-state index is 0. The van der Waals surface area contributed by atoms with Gasteiger partial charge in [0.15, 0.2) is 11.5 Å². The van der Waals surface area contributed by atoms with Crippen LogP contribution in [-0.4, -0.2) is 20.3 Å². The van der Waals surface area contributed by atoms with Crippen LogP contribution in [0.3, 0.4) is 0 Å². The molecule has 3 N–H and O–H groups in total. The average molecular weight is 432 g/mol. The summed E-state index contributed by atoms with van der Waals surface area (Å²) in [5.74, 6) is 1.02. The first-order chi connectivity index (χ1) is 10.2. The highest BCUT2D eigenvalue weighted by Crippen LogP contribution is 2.36. The van der Waals surface area contributed by atoms with Crippen LogP contribution in [0.25, 0.3) is 22.5 Å². The zero-order chi connectivity index (χ0) is 14.4. The third-order valence-electron chi connectivity index (χ3n) is 4.09. The summed E-state index contributed by atoms with van der Waals surface area (Å²) in [6, 6.07) is 6.07. The summed E-state index contributed by atoms with van der Waals surface area (Å²) in [5, 5.41) is 12.4. The van der Waals surface area contributed by atoms with Crippen molar-refractivity contribution in [2.24, 2.45) is 5.73 Å². The summed E-state index contributed by atoms with van der Waals surface area (Å²) in [7, 11) is 0. The van der Waals surface area contributed by atoms with Gasteiger partial charge in [-0.25, -0.2) is 0 Å². The van der Waals surface area contributed by atoms with Gasteiger partial charge in [0.05, 0.1) is 11.1 Å². The predicted molar refractivity (Wildman–Crippen MR) is 93.7 cm³/mol. The van der Waals surface area contributed by atoms with Crippen molar-refractivity contribution in [2.75, 3.05) is 0 Å². The molecule has 0 aliphatic heterocycles. The first-order valence-electron chi connectivity index (χ1n) is 6.93. The van der Waals surface area contributed by atoms with Crippen LogP contribution in [0, 0.1) is 3.57 Å². The minimum atomic E-state index is -0.442. The summed E-state index contributed by atoms with van der Waals surface area (Å²) >= 11 is 2.27. The number of nitrogens with zero attached hydrogens (tertiary/aromatic N) is 3. The number of hydrogen-bond acceptors (Lipinski definition) is 5. The molecule has 1 aromatic carbocycles. The van der Waals surface area contributed by atoms with Gasteiger partial charge in [-0.15, -0.1) is 12.4 Å². The summed E-state index contributed by atoms with van der Waals surface area (Å²) < 4.78 is 6.54. The fourth-order valence-corrected chi connectivity index (χ4v) is 3.39. The van der Waals surface area contributed by atoms with Crippen molar-refractivity contribution >= 4 is 45.9 Å². The van der Waals surface area contributed by atoms with Gasteiger partial charge in [0, 0.05) is 8.96 Å². The van der Waals surface area contributed by atoms with Crippen LogP contribution in [0.15, 0.2) is 22.7 Å². The lowest BCUT2D eigenvalue weighted by Crippen LogP contribution is -2.34. The van der Waals surface area contributed by atoms with Gasteiger partial charge in [-0.3, -0.25) is 5.10 Å². The molecule has 0 saturated heterocycles. The Morgan fingerprint density at radius 1 is 1.27 bits per heavy atom. The third-order valence-corrected chi connectivity index (χ3v) is 4.77. The molecule has 4 rings (SSSR count). The molecule has 1 aliphatic rings. The van der Waals surface area contributed by atoms with Gasteiger partial charge < -0.3 is 10.3 Å². The molecule has 1 aliphatic carbocycles. The molecule has 22 heavy (non-hydrogen) atoms. The van der Waals surface area contributed by atoms with E-state index in [1.807, 2.05) is 18.2 Å². The van der Waals surface area contributed by atoms with Gasteiger partial charge in [-0.05, 0) is 53.6 Å². The molecule has 0 atom stereocenters. The quantitative estimate of drug-likeness (QED) is 0.607. The highest BCUT2D eigenvalue weighted by Gasteiger charge is 2.36. The van der Waals surface area contributed by atoms with Crippen molar-refractivity contribution in [3.8, 4) is 11.6 Å². The van der Waals surface area contributed by atoms with Gasteiger partial charge in [-0.2, -0.15) is 10.1 Å². The van der Waals surface area contributed by atoms with Gasteiger partial charge >= 0.3 is 0 Å². The monoisotopic (exact) mass is 431 g/mol. The van der Waals surface area contributed by atoms with E-state index < -0.39 is 5.54 Å². The molecule has 0 bridgehead atoms. The number of H-pyrrole nitrogens is 1. The van der Waals surface area contributed by atoms with Crippen molar-refractivity contribution in [2.45, 2.75) is 31.2 Å². The van der Waals surface area contributed by atoms with E-state index in [2.05, 4.69) is 42.9 Å². The van der Waals surface area contributed by atoms with Crippen LogP contribution in [0.5, 0.6) is 0 Å². The molecule has 3 aromatic rings. The Bertz CT molecular complexity index is 809. The smallest absolute Gasteiger partial charge is 0.279 e. The number of fused-ring (bicyclic) bond motifs is 1. The van der Waals surface area contributed by atoms with Crippen molar-refractivity contribution in [1.29, 1.82) is 0 Å². The number of nitrogens with two attached hydrogens (primary N) is 1. The molecule has 0 amide bonds. The first-order valence-corrected chi connectivity index (χ1v) is 8.01. The summed E-state index contributed by atoms with van der Waals surface area (Å²) in [4.78, 5) is 4.50. The number of benzene rings is 1. The van der Waals surface area contributed by atoms with Crippen molar-refractivity contribution in [1.82, 2.24) is 20.3 Å². The molecule has 6 nitrogen and oxygen atoms in total. The number of aromatic amines is 1. The number of hydrogen-bond donors (Lipinski definition) is 2. The topological polar surface area (TPSA) is 93.6 Å². The van der Waals surface area contributed by atoms with Crippen molar-refractivity contribution in [3.63, 3.8) is 0 Å². The Hall–Kier alpha value is -1.19. The molecule has 2 aromatic heterocycles. The van der Waals surface area contributed by atoms with Crippen LogP contribution >= 0.6 is 35.0 Å². The molecule has 0 unspecified atom stereocenters. The normalized spacial score (nSPS) is 16.8. The second kappa shape index (κ2) is 5.78. The van der Waals surface area contributed by atoms with E-state index in [1.54, 1.807) is 0 Å². The number of aromatic nitrogens is 4. The zero-order valence-corrected chi connectivity index (χ0v) is 14.6. The van der Waals surface area contributed by atoms with E-state index in [4.69, 9.17) is 10.3 Å². The van der Waals surface area contributed by atoms with E-state index in [-0.39, 0.29) is 12.4 Å². The van der Waals surface area contributed by atoms with E-state index in [9.17, 15) is 0 Å². The lowest BCUT2D eigenvalue weighted by atomic mass is 9.99. The maximum atomic E-state index is 6.37. The lowest BCUT2D eigenvalue weighted by molar-refractivity contribution is 0.372. The van der Waals surface area contributed by atoms with Crippen LogP contribution in [-0.2, 0) is 5.54 Å². The Labute approximate surface area is 146 Å². The number of halogens is 2. The Kier molecular flexibility index (Phi) is 4.13.